The van der Waals surface area contributed by atoms with E-state index in [0.29, 0.717) is 25.1 Å². The van der Waals surface area contributed by atoms with Gasteiger partial charge in [-0.15, -0.1) is 0 Å². The molecule has 1 rings (SSSR count). The van der Waals surface area contributed by atoms with Gasteiger partial charge in [-0.3, -0.25) is 19.2 Å². The number of nitrogens with one attached hydrogen (secondary N) is 4. The van der Waals surface area contributed by atoms with Gasteiger partial charge in [-0.25, -0.2) is 4.79 Å². The molecule has 0 spiro atoms. The highest BCUT2D eigenvalue weighted by molar-refractivity contribution is 7.98. The smallest absolute Gasteiger partial charge is 0.326 e. The lowest BCUT2D eigenvalue weighted by Crippen LogP contribution is -2.57. The molecule has 1 saturated heterocycles. The van der Waals surface area contributed by atoms with Crippen molar-refractivity contribution < 1.29 is 29.1 Å². The van der Waals surface area contributed by atoms with Crippen molar-refractivity contribution in [3.8, 4) is 0 Å². The zero-order chi connectivity index (χ0) is 25.0. The predicted molar refractivity (Wildman–Crippen MR) is 125 cm³/mol. The second kappa shape index (κ2) is 14.7. The molecule has 0 aromatic carbocycles. The molecular weight excluding hydrogens is 450 g/mol. The summed E-state index contributed by atoms with van der Waals surface area (Å²) >= 11 is 1.47. The van der Waals surface area contributed by atoms with Crippen LogP contribution < -0.4 is 27.0 Å². The van der Waals surface area contributed by atoms with Gasteiger partial charge in [-0.1, -0.05) is 20.3 Å². The second-order valence-corrected chi connectivity index (χ2v) is 9.25. The summed E-state index contributed by atoms with van der Waals surface area (Å²) in [6.45, 7) is 4.25. The lowest BCUT2D eigenvalue weighted by Gasteiger charge is -2.26. The minimum absolute atomic E-state index is 0.0128. The van der Waals surface area contributed by atoms with E-state index < -0.39 is 47.9 Å². The quantitative estimate of drug-likeness (QED) is 0.176. The van der Waals surface area contributed by atoms with Crippen molar-refractivity contribution in [2.75, 3.05) is 18.6 Å². The first-order valence-electron chi connectivity index (χ1n) is 11.2. The number of hydrogen-bond acceptors (Lipinski definition) is 7. The van der Waals surface area contributed by atoms with E-state index in [9.17, 15) is 29.1 Å². The zero-order valence-corrected chi connectivity index (χ0v) is 20.3. The Morgan fingerprint density at radius 3 is 2.24 bits per heavy atom. The van der Waals surface area contributed by atoms with E-state index in [2.05, 4.69) is 21.3 Å². The van der Waals surface area contributed by atoms with Crippen LogP contribution in [0.4, 0.5) is 0 Å². The van der Waals surface area contributed by atoms with Crippen LogP contribution in [0.2, 0.25) is 0 Å². The Labute approximate surface area is 198 Å². The molecule has 188 valence electrons. The predicted octanol–water partition coefficient (Wildman–Crippen LogP) is -0.658. The summed E-state index contributed by atoms with van der Waals surface area (Å²) in [6, 6.07) is -3.55. The van der Waals surface area contributed by atoms with Gasteiger partial charge < -0.3 is 32.1 Å². The highest BCUT2D eigenvalue weighted by atomic mass is 32.2. The summed E-state index contributed by atoms with van der Waals surface area (Å²) in [4.78, 5) is 61.2. The Morgan fingerprint density at radius 2 is 1.73 bits per heavy atom. The molecule has 1 fully saturated rings. The molecule has 1 heterocycles. The van der Waals surface area contributed by atoms with Gasteiger partial charge in [-0.2, -0.15) is 11.8 Å². The number of carbonyl (C=O) groups excluding carboxylic acids is 4. The number of carboxylic acids is 1. The number of thioether (sulfide) groups is 1. The van der Waals surface area contributed by atoms with Gasteiger partial charge in [0.25, 0.3) is 0 Å². The third-order valence-corrected chi connectivity index (χ3v) is 6.35. The van der Waals surface area contributed by atoms with Crippen molar-refractivity contribution in [1.29, 1.82) is 0 Å². The molecule has 5 unspecified atom stereocenters. The van der Waals surface area contributed by atoms with Crippen molar-refractivity contribution in [3.05, 3.63) is 0 Å². The Balaban J connectivity index is 2.94. The average Bonchev–Trinajstić information content (AvgIpc) is 3.31. The number of primary amides is 1. The molecule has 0 saturated carbocycles. The van der Waals surface area contributed by atoms with Crippen LogP contribution in [0, 0.1) is 5.92 Å². The maximum atomic E-state index is 13.0. The fraction of sp³-hybridized carbons (Fsp3) is 0.762. The number of carbonyl (C=O) groups is 5. The van der Waals surface area contributed by atoms with E-state index in [1.807, 2.05) is 13.2 Å². The van der Waals surface area contributed by atoms with E-state index in [0.717, 1.165) is 6.42 Å². The minimum Gasteiger partial charge on any atom is -0.480 e. The first-order valence-corrected chi connectivity index (χ1v) is 12.6. The fourth-order valence-corrected chi connectivity index (χ4v) is 3.92. The fourth-order valence-electron chi connectivity index (χ4n) is 3.45. The van der Waals surface area contributed by atoms with E-state index in [-0.39, 0.29) is 31.1 Å². The van der Waals surface area contributed by atoms with Crippen molar-refractivity contribution >= 4 is 41.4 Å². The van der Waals surface area contributed by atoms with Crippen LogP contribution in [0.5, 0.6) is 0 Å². The molecule has 0 aromatic heterocycles. The zero-order valence-electron chi connectivity index (χ0n) is 19.5. The van der Waals surface area contributed by atoms with E-state index in [1.54, 1.807) is 6.92 Å². The molecule has 12 heteroatoms. The Hall–Kier alpha value is -2.34. The maximum Gasteiger partial charge on any atom is 0.326 e. The van der Waals surface area contributed by atoms with Crippen LogP contribution in [0.3, 0.4) is 0 Å². The Morgan fingerprint density at radius 1 is 1.09 bits per heavy atom. The van der Waals surface area contributed by atoms with Crippen LogP contribution in [0.25, 0.3) is 0 Å². The number of amides is 4. The standard InChI is InChI=1S/C21H37N5O6S/c1-4-12(2)17(21(31)32)26-20(30)15(9-11-33-3)25-19(29)14(7-8-16(22)27)24-18(28)13-6-5-10-23-13/h12-15,17,23H,4-11H2,1-3H3,(H2,22,27)(H,24,28)(H,25,29)(H,26,30)(H,31,32). The third kappa shape index (κ3) is 9.99. The summed E-state index contributed by atoms with van der Waals surface area (Å²) in [5, 5.41) is 20.3. The number of aliphatic carboxylic acids is 1. The van der Waals surface area contributed by atoms with Gasteiger partial charge in [0.05, 0.1) is 6.04 Å². The summed E-state index contributed by atoms with van der Waals surface area (Å²) in [5.41, 5.74) is 5.22. The molecule has 7 N–H and O–H groups in total. The van der Waals surface area contributed by atoms with Crippen molar-refractivity contribution in [3.63, 3.8) is 0 Å². The molecule has 33 heavy (non-hydrogen) atoms. The van der Waals surface area contributed by atoms with Gasteiger partial charge >= 0.3 is 5.97 Å². The monoisotopic (exact) mass is 487 g/mol. The van der Waals surface area contributed by atoms with Crippen LogP contribution in [-0.4, -0.2) is 77.4 Å². The van der Waals surface area contributed by atoms with Gasteiger partial charge in [0.2, 0.25) is 23.6 Å². The molecule has 5 atom stereocenters. The minimum atomic E-state index is -1.15. The summed E-state index contributed by atoms with van der Waals surface area (Å²) < 4.78 is 0. The van der Waals surface area contributed by atoms with Gasteiger partial charge in [-0.05, 0) is 50.2 Å². The lowest BCUT2D eigenvalue weighted by molar-refractivity contribution is -0.143. The van der Waals surface area contributed by atoms with Gasteiger partial charge in [0.1, 0.15) is 18.1 Å². The van der Waals surface area contributed by atoms with Crippen molar-refractivity contribution in [1.82, 2.24) is 21.3 Å². The van der Waals surface area contributed by atoms with Gasteiger partial charge in [0.15, 0.2) is 0 Å². The lowest BCUT2D eigenvalue weighted by atomic mass is 9.98. The van der Waals surface area contributed by atoms with Crippen LogP contribution in [0.15, 0.2) is 0 Å². The highest BCUT2D eigenvalue weighted by Crippen LogP contribution is 2.11. The molecule has 0 aromatic rings. The molecule has 0 aliphatic carbocycles. The SMILES string of the molecule is CCC(C)C(NC(=O)C(CCSC)NC(=O)C(CCC(N)=O)NC(=O)C1CCCN1)C(=O)O. The summed E-state index contributed by atoms with van der Waals surface area (Å²) in [7, 11) is 0. The maximum absolute atomic E-state index is 13.0. The van der Waals surface area contributed by atoms with Crippen molar-refractivity contribution in [2.24, 2.45) is 11.7 Å². The average molecular weight is 488 g/mol. The van der Waals surface area contributed by atoms with Crippen LogP contribution in [-0.2, 0) is 24.0 Å². The third-order valence-electron chi connectivity index (χ3n) is 5.71. The number of rotatable bonds is 15. The topological polar surface area (TPSA) is 180 Å². The molecule has 1 aliphatic rings. The van der Waals surface area contributed by atoms with Gasteiger partial charge in [0, 0.05) is 6.42 Å². The molecule has 0 bridgehead atoms. The molecular formula is C21H37N5O6S. The molecule has 4 amide bonds. The number of hydrogen-bond donors (Lipinski definition) is 6. The first kappa shape index (κ1) is 28.7. The normalized spacial score (nSPS) is 19.1. The highest BCUT2D eigenvalue weighted by Gasteiger charge is 2.32. The largest absolute Gasteiger partial charge is 0.480 e. The Kier molecular flexibility index (Phi) is 12.8. The van der Waals surface area contributed by atoms with E-state index in [1.165, 1.54) is 11.8 Å². The Bertz CT molecular complexity index is 701. The number of carboxylic acid groups (broad SMARTS) is 1. The molecule has 0 radical (unpaired) electrons. The van der Waals surface area contributed by atoms with E-state index in [4.69, 9.17) is 5.73 Å². The van der Waals surface area contributed by atoms with E-state index >= 15 is 0 Å². The summed E-state index contributed by atoms with van der Waals surface area (Å²) in [5.74, 6) is -3.11. The van der Waals surface area contributed by atoms with Crippen LogP contribution >= 0.6 is 11.8 Å². The second-order valence-electron chi connectivity index (χ2n) is 8.27. The molecule has 1 aliphatic heterocycles. The number of nitrogens with two attached hydrogens (primary N) is 1. The van der Waals surface area contributed by atoms with Crippen LogP contribution in [0.1, 0.15) is 52.4 Å². The first-order chi connectivity index (χ1) is 15.6. The summed E-state index contributed by atoms with van der Waals surface area (Å²) in [6.07, 6.45) is 4.02. The van der Waals surface area contributed by atoms with Crippen molar-refractivity contribution in [2.45, 2.75) is 76.5 Å². The molecule has 11 nitrogen and oxygen atoms in total.